The summed E-state index contributed by atoms with van der Waals surface area (Å²) in [6.45, 7) is 0.884. The van der Waals surface area contributed by atoms with Crippen molar-refractivity contribution in [3.8, 4) is 16.9 Å². The average Bonchev–Trinajstić information content (AvgIpc) is 2.76. The zero-order valence-corrected chi connectivity index (χ0v) is 18.4. The fourth-order valence-corrected chi connectivity index (χ4v) is 2.97. The first-order chi connectivity index (χ1) is 14.9. The number of benzene rings is 3. The third-order valence-electron chi connectivity index (χ3n) is 4.15. The number of carbonyl (C=O) groups is 1. The molecule has 0 saturated carbocycles. The summed E-state index contributed by atoms with van der Waals surface area (Å²) in [6, 6.07) is 19.7. The van der Waals surface area contributed by atoms with Crippen LogP contribution in [0.15, 0.2) is 71.6 Å². The van der Waals surface area contributed by atoms with Crippen LogP contribution in [0.1, 0.15) is 11.1 Å². The smallest absolute Gasteiger partial charge is 0.341 e. The van der Waals surface area contributed by atoms with Gasteiger partial charge in [0.15, 0.2) is 6.61 Å². The van der Waals surface area contributed by atoms with Gasteiger partial charge < -0.3 is 19.9 Å². The molecule has 0 aromatic heterocycles. The van der Waals surface area contributed by atoms with Crippen LogP contribution in [0.5, 0.6) is 5.75 Å². The van der Waals surface area contributed by atoms with Crippen molar-refractivity contribution in [3.05, 3.63) is 83.7 Å². The number of carboxylic acid groups (broad SMARTS) is 1. The van der Waals surface area contributed by atoms with Crippen molar-refractivity contribution in [1.82, 2.24) is 5.32 Å². The minimum Gasteiger partial charge on any atom is -0.481 e. The first-order valence-electron chi connectivity index (χ1n) is 9.58. The van der Waals surface area contributed by atoms with Crippen LogP contribution in [0.4, 0.5) is 4.39 Å². The Bertz CT molecular complexity index is 959. The molecular formula is C24H26FNO4S. The van der Waals surface area contributed by atoms with Crippen molar-refractivity contribution in [2.75, 3.05) is 20.8 Å². The number of aliphatic carboxylic acids is 1. The zero-order chi connectivity index (χ0) is 22.6. The summed E-state index contributed by atoms with van der Waals surface area (Å²) < 4.78 is 22.7. The average molecular weight is 444 g/mol. The lowest BCUT2D eigenvalue weighted by Crippen LogP contribution is -2.10. The Hall–Kier alpha value is -2.87. The molecule has 0 saturated heterocycles. The predicted molar refractivity (Wildman–Crippen MR) is 122 cm³/mol. The first-order valence-corrected chi connectivity index (χ1v) is 10.0. The molecule has 31 heavy (non-hydrogen) atoms. The van der Waals surface area contributed by atoms with Gasteiger partial charge in [-0.25, -0.2) is 9.18 Å². The van der Waals surface area contributed by atoms with E-state index in [0.717, 1.165) is 33.7 Å². The zero-order valence-electron chi connectivity index (χ0n) is 17.5. The topological polar surface area (TPSA) is 67.8 Å². The molecule has 0 aliphatic heterocycles. The van der Waals surface area contributed by atoms with Crippen LogP contribution in [-0.2, 0) is 22.7 Å². The van der Waals surface area contributed by atoms with Crippen molar-refractivity contribution in [1.29, 1.82) is 0 Å². The van der Waals surface area contributed by atoms with Crippen molar-refractivity contribution < 1.29 is 23.8 Å². The second-order valence-corrected chi connectivity index (χ2v) is 7.17. The van der Waals surface area contributed by atoms with E-state index in [1.54, 1.807) is 19.2 Å². The lowest BCUT2D eigenvalue weighted by atomic mass is 10.00. The molecule has 3 aromatic rings. The second kappa shape index (κ2) is 12.7. The summed E-state index contributed by atoms with van der Waals surface area (Å²) in [7, 11) is 3.54. The molecule has 0 aliphatic rings. The van der Waals surface area contributed by atoms with Crippen molar-refractivity contribution >= 4 is 18.6 Å². The normalized spacial score (nSPS) is 10.2. The summed E-state index contributed by atoms with van der Waals surface area (Å²) in [4.78, 5) is 11.6. The van der Waals surface area contributed by atoms with Crippen LogP contribution >= 0.6 is 12.6 Å². The summed E-state index contributed by atoms with van der Waals surface area (Å²) >= 11 is 3.97. The standard InChI is InChI=1S/C18H21NO4.C6H5FS/c1-19-10-13-6-7-17(23-12-18(20)21)16(9-13)15-5-3-4-14(8-15)11-22-2;7-5-1-3-6(8)4-2-5/h3-9,19H,10-12H2,1-2H3,(H,20,21);1-4,8H. The Morgan fingerprint density at radius 2 is 1.81 bits per heavy atom. The summed E-state index contributed by atoms with van der Waals surface area (Å²) in [5, 5.41) is 11.9. The van der Waals surface area contributed by atoms with Gasteiger partial charge in [0.1, 0.15) is 11.6 Å². The Morgan fingerprint density at radius 1 is 1.06 bits per heavy atom. The lowest BCUT2D eigenvalue weighted by molar-refractivity contribution is -0.139. The molecule has 0 atom stereocenters. The third-order valence-corrected chi connectivity index (χ3v) is 4.45. The van der Waals surface area contributed by atoms with Gasteiger partial charge in [-0.2, -0.15) is 0 Å². The number of ether oxygens (including phenoxy) is 2. The highest BCUT2D eigenvalue weighted by Gasteiger charge is 2.10. The van der Waals surface area contributed by atoms with Crippen LogP contribution in [0, 0.1) is 5.82 Å². The second-order valence-electron chi connectivity index (χ2n) is 6.65. The quantitative estimate of drug-likeness (QED) is 0.437. The van der Waals surface area contributed by atoms with E-state index in [9.17, 15) is 9.18 Å². The molecule has 3 aromatic carbocycles. The van der Waals surface area contributed by atoms with Crippen LogP contribution in [0.3, 0.4) is 0 Å². The van der Waals surface area contributed by atoms with Crippen LogP contribution in [-0.4, -0.2) is 31.8 Å². The minimum atomic E-state index is -0.997. The van der Waals surface area contributed by atoms with E-state index in [0.29, 0.717) is 12.4 Å². The number of methoxy groups -OCH3 is 1. The molecule has 0 amide bonds. The maximum Gasteiger partial charge on any atom is 0.341 e. The number of thiol groups is 1. The third kappa shape index (κ3) is 8.41. The molecule has 0 aliphatic carbocycles. The Labute approximate surface area is 187 Å². The largest absolute Gasteiger partial charge is 0.481 e. The van der Waals surface area contributed by atoms with E-state index < -0.39 is 5.97 Å². The highest BCUT2D eigenvalue weighted by Crippen LogP contribution is 2.32. The number of hydrogen-bond donors (Lipinski definition) is 3. The van der Waals surface area contributed by atoms with E-state index in [1.807, 2.05) is 49.5 Å². The molecule has 0 fully saturated rings. The SMILES string of the molecule is CNCc1ccc(OCC(=O)O)c(-c2cccc(COC)c2)c1.Fc1ccc(S)cc1. The fraction of sp³-hybridized carbons (Fsp3) is 0.208. The molecule has 0 spiro atoms. The molecule has 3 rings (SSSR count). The minimum absolute atomic E-state index is 0.220. The Balaban J connectivity index is 0.000000357. The van der Waals surface area contributed by atoms with Crippen molar-refractivity contribution in [2.45, 2.75) is 18.0 Å². The van der Waals surface area contributed by atoms with Gasteiger partial charge >= 0.3 is 5.97 Å². The van der Waals surface area contributed by atoms with Crippen molar-refractivity contribution in [3.63, 3.8) is 0 Å². The highest BCUT2D eigenvalue weighted by molar-refractivity contribution is 7.80. The predicted octanol–water partition coefficient (Wildman–Crippen LogP) is 4.80. The molecule has 0 radical (unpaired) electrons. The lowest BCUT2D eigenvalue weighted by Gasteiger charge is -2.13. The summed E-state index contributed by atoms with van der Waals surface area (Å²) in [6.07, 6.45) is 0. The maximum atomic E-state index is 12.1. The summed E-state index contributed by atoms with van der Waals surface area (Å²) in [5.74, 6) is -0.659. The van der Waals surface area contributed by atoms with Gasteiger partial charge in [-0.15, -0.1) is 12.6 Å². The van der Waals surface area contributed by atoms with Gasteiger partial charge in [0.05, 0.1) is 6.61 Å². The number of rotatable bonds is 8. The fourth-order valence-electron chi connectivity index (χ4n) is 2.82. The molecule has 164 valence electrons. The first kappa shape index (κ1) is 24.4. The van der Waals surface area contributed by atoms with Gasteiger partial charge in [-0.1, -0.05) is 24.3 Å². The van der Waals surface area contributed by atoms with Crippen molar-refractivity contribution in [2.24, 2.45) is 0 Å². The van der Waals surface area contributed by atoms with Crippen LogP contribution in [0.25, 0.3) is 11.1 Å². The van der Waals surface area contributed by atoms with E-state index >= 15 is 0 Å². The Kier molecular flexibility index (Phi) is 10.0. The molecule has 0 unspecified atom stereocenters. The number of halogens is 1. The van der Waals surface area contributed by atoms with Crippen LogP contribution in [0.2, 0.25) is 0 Å². The van der Waals surface area contributed by atoms with Crippen LogP contribution < -0.4 is 10.1 Å². The number of carboxylic acids is 1. The van der Waals surface area contributed by atoms with E-state index in [2.05, 4.69) is 17.9 Å². The Morgan fingerprint density at radius 3 is 2.42 bits per heavy atom. The van der Waals surface area contributed by atoms with Gasteiger partial charge in [0.25, 0.3) is 0 Å². The molecule has 0 bridgehead atoms. The highest BCUT2D eigenvalue weighted by atomic mass is 32.1. The van der Waals surface area contributed by atoms with Gasteiger partial charge in [-0.3, -0.25) is 0 Å². The molecule has 2 N–H and O–H groups in total. The molecule has 0 heterocycles. The van der Waals surface area contributed by atoms with Gasteiger partial charge in [-0.05, 0) is 66.2 Å². The summed E-state index contributed by atoms with van der Waals surface area (Å²) in [5.41, 5.74) is 3.99. The van der Waals surface area contributed by atoms with E-state index in [4.69, 9.17) is 14.6 Å². The molecule has 7 heteroatoms. The molecular weight excluding hydrogens is 417 g/mol. The number of nitrogens with one attached hydrogen (secondary N) is 1. The van der Waals surface area contributed by atoms with E-state index in [-0.39, 0.29) is 12.4 Å². The van der Waals surface area contributed by atoms with Gasteiger partial charge in [0, 0.05) is 24.1 Å². The monoisotopic (exact) mass is 443 g/mol. The maximum absolute atomic E-state index is 12.1. The van der Waals surface area contributed by atoms with E-state index in [1.165, 1.54) is 12.1 Å². The van der Waals surface area contributed by atoms with Gasteiger partial charge in [0.2, 0.25) is 0 Å². The molecule has 5 nitrogen and oxygen atoms in total. The number of hydrogen-bond acceptors (Lipinski definition) is 5.